The van der Waals surface area contributed by atoms with Crippen LogP contribution in [-0.4, -0.2) is 59.9 Å². The van der Waals surface area contributed by atoms with Gasteiger partial charge in [0.2, 0.25) is 5.91 Å². The van der Waals surface area contributed by atoms with Gasteiger partial charge in [-0.3, -0.25) is 9.59 Å². The zero-order chi connectivity index (χ0) is 24.0. The second-order valence-corrected chi connectivity index (χ2v) is 8.81. The minimum absolute atomic E-state index is 0.0342. The van der Waals surface area contributed by atoms with Crippen LogP contribution >= 0.6 is 11.6 Å². The molecule has 0 unspecified atom stereocenters. The summed E-state index contributed by atoms with van der Waals surface area (Å²) in [5.41, 5.74) is -0.230. The Balaban J connectivity index is 1.64. The van der Waals surface area contributed by atoms with Gasteiger partial charge < -0.3 is 20.0 Å². The SMILES string of the molecule is CNC(=O)N1CC2(C1)C(=O)N(c1ccc(Cl)cc1)CC(=O)N2Cc1ccc(C(C)(F)F)cc1. The molecule has 0 saturated carbocycles. The van der Waals surface area contributed by atoms with Crippen LogP contribution in [0.2, 0.25) is 5.02 Å². The van der Waals surface area contributed by atoms with Crippen LogP contribution in [0.5, 0.6) is 0 Å². The van der Waals surface area contributed by atoms with Crippen molar-refractivity contribution in [1.82, 2.24) is 15.1 Å². The summed E-state index contributed by atoms with van der Waals surface area (Å²) in [4.78, 5) is 43.3. The highest BCUT2D eigenvalue weighted by atomic mass is 35.5. The molecule has 1 spiro atoms. The van der Waals surface area contributed by atoms with Crippen LogP contribution in [0.25, 0.3) is 0 Å². The lowest BCUT2D eigenvalue weighted by atomic mass is 9.83. The van der Waals surface area contributed by atoms with Gasteiger partial charge in [-0.1, -0.05) is 35.9 Å². The zero-order valence-corrected chi connectivity index (χ0v) is 18.9. The maximum Gasteiger partial charge on any atom is 0.317 e. The average Bonchev–Trinajstić information content (AvgIpc) is 2.75. The lowest BCUT2D eigenvalue weighted by Crippen LogP contribution is -2.81. The van der Waals surface area contributed by atoms with E-state index in [0.717, 1.165) is 6.92 Å². The van der Waals surface area contributed by atoms with Crippen LogP contribution in [0.3, 0.4) is 0 Å². The van der Waals surface area contributed by atoms with Gasteiger partial charge in [-0.25, -0.2) is 13.6 Å². The molecule has 2 aromatic rings. The van der Waals surface area contributed by atoms with E-state index in [1.54, 1.807) is 24.3 Å². The molecule has 10 heteroatoms. The van der Waals surface area contributed by atoms with Crippen molar-refractivity contribution in [2.75, 3.05) is 31.6 Å². The molecule has 33 heavy (non-hydrogen) atoms. The summed E-state index contributed by atoms with van der Waals surface area (Å²) in [7, 11) is 1.49. The molecule has 174 valence electrons. The molecule has 0 radical (unpaired) electrons. The molecule has 1 N–H and O–H groups in total. The summed E-state index contributed by atoms with van der Waals surface area (Å²) in [6, 6.07) is 11.9. The second kappa shape index (κ2) is 8.30. The van der Waals surface area contributed by atoms with E-state index in [1.807, 2.05) is 0 Å². The summed E-state index contributed by atoms with van der Waals surface area (Å²) in [6.45, 7) is 0.777. The minimum atomic E-state index is -2.97. The number of likely N-dealkylation sites (tertiary alicyclic amines) is 1. The van der Waals surface area contributed by atoms with Gasteiger partial charge in [0.25, 0.3) is 11.8 Å². The van der Waals surface area contributed by atoms with E-state index in [4.69, 9.17) is 11.6 Å². The van der Waals surface area contributed by atoms with E-state index in [0.29, 0.717) is 16.3 Å². The molecular formula is C23H23ClF2N4O3. The monoisotopic (exact) mass is 476 g/mol. The fourth-order valence-corrected chi connectivity index (χ4v) is 4.37. The van der Waals surface area contributed by atoms with Crippen molar-refractivity contribution in [2.24, 2.45) is 0 Å². The zero-order valence-electron chi connectivity index (χ0n) is 18.1. The Bertz CT molecular complexity index is 1080. The maximum absolute atomic E-state index is 13.6. The third-order valence-corrected chi connectivity index (χ3v) is 6.35. The third-order valence-electron chi connectivity index (χ3n) is 6.10. The van der Waals surface area contributed by atoms with Gasteiger partial charge in [-0.15, -0.1) is 0 Å². The van der Waals surface area contributed by atoms with E-state index < -0.39 is 11.5 Å². The summed E-state index contributed by atoms with van der Waals surface area (Å²) >= 11 is 5.96. The second-order valence-electron chi connectivity index (χ2n) is 8.38. The number of carbonyl (C=O) groups excluding carboxylic acids is 3. The first-order chi connectivity index (χ1) is 15.5. The summed E-state index contributed by atoms with van der Waals surface area (Å²) in [5, 5.41) is 3.02. The molecule has 7 nitrogen and oxygen atoms in total. The molecule has 4 amide bonds. The number of hydrogen-bond donors (Lipinski definition) is 1. The Morgan fingerprint density at radius 1 is 1.09 bits per heavy atom. The molecule has 0 bridgehead atoms. The smallest absolute Gasteiger partial charge is 0.317 e. The molecule has 2 saturated heterocycles. The van der Waals surface area contributed by atoms with Crippen LogP contribution < -0.4 is 10.2 Å². The Hall–Kier alpha value is -3.20. The number of benzene rings is 2. The first-order valence-corrected chi connectivity index (χ1v) is 10.7. The summed E-state index contributed by atoms with van der Waals surface area (Å²) in [5.74, 6) is -3.58. The quantitative estimate of drug-likeness (QED) is 0.736. The maximum atomic E-state index is 13.6. The van der Waals surface area contributed by atoms with Crippen molar-refractivity contribution in [2.45, 2.75) is 24.9 Å². The van der Waals surface area contributed by atoms with Gasteiger partial charge in [0.1, 0.15) is 6.54 Å². The summed E-state index contributed by atoms with van der Waals surface area (Å²) in [6.07, 6.45) is 0. The molecule has 0 aromatic heterocycles. The van der Waals surface area contributed by atoms with Crippen molar-refractivity contribution in [3.05, 3.63) is 64.7 Å². The fraction of sp³-hybridized carbons (Fsp3) is 0.348. The molecule has 2 aliphatic heterocycles. The van der Waals surface area contributed by atoms with Crippen LogP contribution in [0.15, 0.2) is 48.5 Å². The number of halogens is 3. The Morgan fingerprint density at radius 2 is 1.70 bits per heavy atom. The number of carbonyl (C=O) groups is 3. The van der Waals surface area contributed by atoms with Gasteiger partial charge in [0.05, 0.1) is 13.1 Å². The molecular weight excluding hydrogens is 454 g/mol. The number of alkyl halides is 2. The number of piperazine rings is 1. The van der Waals surface area contributed by atoms with Crippen molar-refractivity contribution in [1.29, 1.82) is 0 Å². The molecule has 0 aliphatic carbocycles. The summed E-state index contributed by atoms with van der Waals surface area (Å²) < 4.78 is 27.1. The highest BCUT2D eigenvalue weighted by Gasteiger charge is 2.60. The fourth-order valence-electron chi connectivity index (χ4n) is 4.25. The van der Waals surface area contributed by atoms with Crippen LogP contribution in [0, 0.1) is 0 Å². The number of nitrogens with zero attached hydrogens (tertiary/aromatic N) is 3. The van der Waals surface area contributed by atoms with Gasteiger partial charge in [0.15, 0.2) is 5.54 Å². The molecule has 2 heterocycles. The Labute approximate surface area is 194 Å². The number of amides is 4. The van der Waals surface area contributed by atoms with Crippen molar-refractivity contribution < 1.29 is 23.2 Å². The number of urea groups is 1. The van der Waals surface area contributed by atoms with Gasteiger partial charge >= 0.3 is 6.03 Å². The Morgan fingerprint density at radius 3 is 2.24 bits per heavy atom. The van der Waals surface area contributed by atoms with Crippen molar-refractivity contribution in [3.63, 3.8) is 0 Å². The van der Waals surface area contributed by atoms with E-state index in [2.05, 4.69) is 5.32 Å². The largest absolute Gasteiger partial charge is 0.341 e. The van der Waals surface area contributed by atoms with Crippen LogP contribution in [0.1, 0.15) is 18.1 Å². The van der Waals surface area contributed by atoms with Crippen molar-refractivity contribution >= 4 is 35.1 Å². The number of nitrogens with one attached hydrogen (secondary N) is 1. The highest BCUT2D eigenvalue weighted by molar-refractivity contribution is 6.30. The van der Waals surface area contributed by atoms with E-state index in [-0.39, 0.29) is 49.6 Å². The standard InChI is InChI=1S/C23H23ClF2N4O3/c1-22(25,26)16-5-3-15(4-6-16)11-30-19(31)12-29(18-9-7-17(24)8-10-18)20(32)23(30)13-28(14-23)21(33)27-2/h3-10H,11-14H2,1-2H3,(H,27,33). The van der Waals surface area contributed by atoms with E-state index >= 15 is 0 Å². The Kier molecular flexibility index (Phi) is 5.78. The molecule has 0 atom stereocenters. The number of rotatable bonds is 4. The van der Waals surface area contributed by atoms with E-state index in [9.17, 15) is 23.2 Å². The molecule has 2 aliphatic rings. The highest BCUT2D eigenvalue weighted by Crippen LogP contribution is 2.37. The average molecular weight is 477 g/mol. The van der Waals surface area contributed by atoms with Gasteiger partial charge in [-0.05, 0) is 29.8 Å². The predicted molar refractivity (Wildman–Crippen MR) is 119 cm³/mol. The molecule has 2 aromatic carbocycles. The lowest BCUT2D eigenvalue weighted by Gasteiger charge is -2.57. The number of anilines is 1. The van der Waals surface area contributed by atoms with Gasteiger partial charge in [-0.2, -0.15) is 0 Å². The normalized spacial score (nSPS) is 17.9. The van der Waals surface area contributed by atoms with E-state index in [1.165, 1.54) is 46.0 Å². The molecule has 4 rings (SSSR count). The lowest BCUT2D eigenvalue weighted by molar-refractivity contribution is -0.161. The van der Waals surface area contributed by atoms with Gasteiger partial charge in [0, 0.05) is 36.8 Å². The third kappa shape index (κ3) is 4.13. The van der Waals surface area contributed by atoms with Crippen LogP contribution in [0.4, 0.5) is 19.3 Å². The minimum Gasteiger partial charge on any atom is -0.341 e. The van der Waals surface area contributed by atoms with Crippen molar-refractivity contribution in [3.8, 4) is 0 Å². The first-order valence-electron chi connectivity index (χ1n) is 10.4. The molecule has 2 fully saturated rings. The predicted octanol–water partition coefficient (Wildman–Crippen LogP) is 3.22. The first kappa shape index (κ1) is 23.0. The number of hydrogen-bond acceptors (Lipinski definition) is 3. The topological polar surface area (TPSA) is 73.0 Å². The van der Waals surface area contributed by atoms with Crippen LogP contribution in [-0.2, 0) is 22.1 Å².